The summed E-state index contributed by atoms with van der Waals surface area (Å²) in [6, 6.07) is 0. The van der Waals surface area contributed by atoms with Gasteiger partial charge in [0.1, 0.15) is 18.2 Å². The summed E-state index contributed by atoms with van der Waals surface area (Å²) >= 11 is 0. The molecule has 0 amide bonds. The Balaban J connectivity index is 2.17. The molecule has 0 spiro atoms. The van der Waals surface area contributed by atoms with E-state index in [-0.39, 0.29) is 24.9 Å². The van der Waals surface area contributed by atoms with Gasteiger partial charge in [0.25, 0.3) is 0 Å². The second kappa shape index (κ2) is 6.14. The molecule has 0 aliphatic carbocycles. The molecule has 114 valence electrons. The summed E-state index contributed by atoms with van der Waals surface area (Å²) in [5, 5.41) is 0. The third-order valence-corrected chi connectivity index (χ3v) is 2.88. The number of aromatic nitrogens is 4. The van der Waals surface area contributed by atoms with Gasteiger partial charge < -0.3 is 30.6 Å². The highest BCUT2D eigenvalue weighted by Gasteiger charge is 2.13. The molecule has 2 rings (SSSR count). The van der Waals surface area contributed by atoms with E-state index in [1.165, 1.54) is 12.7 Å². The van der Waals surface area contributed by atoms with Gasteiger partial charge in [0.15, 0.2) is 17.4 Å². The Morgan fingerprint density at radius 1 is 1.38 bits per heavy atom. The summed E-state index contributed by atoms with van der Waals surface area (Å²) in [5.41, 5.74) is 11.6. The van der Waals surface area contributed by atoms with Gasteiger partial charge >= 0.3 is 7.60 Å². The van der Waals surface area contributed by atoms with Crippen LogP contribution in [0.4, 0.5) is 5.82 Å². The van der Waals surface area contributed by atoms with Crippen molar-refractivity contribution < 1.29 is 19.1 Å². The molecule has 0 saturated heterocycles. The molecule has 0 bridgehead atoms. The topological polar surface area (TPSA) is 175 Å². The lowest BCUT2D eigenvalue weighted by molar-refractivity contribution is 0.149. The fraction of sp³-hybridized carbons (Fsp3) is 0.333. The van der Waals surface area contributed by atoms with Crippen molar-refractivity contribution in [3.63, 3.8) is 0 Å². The average Bonchev–Trinajstić information content (AvgIpc) is 2.77. The Kier molecular flexibility index (Phi) is 4.48. The lowest BCUT2D eigenvalue weighted by Crippen LogP contribution is -2.22. The first kappa shape index (κ1) is 15.3. The van der Waals surface area contributed by atoms with E-state index in [0.29, 0.717) is 11.2 Å². The van der Waals surface area contributed by atoms with Gasteiger partial charge in [-0.05, 0) is 0 Å². The summed E-state index contributed by atoms with van der Waals surface area (Å²) in [6.07, 6.45) is 2.13. The summed E-state index contributed by atoms with van der Waals surface area (Å²) in [7, 11) is -4.18. The van der Waals surface area contributed by atoms with E-state index >= 15 is 0 Å². The van der Waals surface area contributed by atoms with Crippen molar-refractivity contribution in [1.29, 1.82) is 0 Å². The molecule has 0 saturated carbocycles. The highest BCUT2D eigenvalue weighted by atomic mass is 31.2. The Morgan fingerprint density at radius 2 is 2.14 bits per heavy atom. The van der Waals surface area contributed by atoms with Gasteiger partial charge in [-0.3, -0.25) is 4.57 Å². The fourth-order valence-corrected chi connectivity index (χ4v) is 1.98. The van der Waals surface area contributed by atoms with E-state index in [0.717, 1.165) is 0 Å². The Bertz CT molecular complexity index is 705. The van der Waals surface area contributed by atoms with Gasteiger partial charge in [0, 0.05) is 6.54 Å². The first-order valence-electron chi connectivity index (χ1n) is 5.74. The maximum absolute atomic E-state index is 10.7. The highest BCUT2D eigenvalue weighted by Crippen LogP contribution is 2.33. The van der Waals surface area contributed by atoms with Crippen LogP contribution < -0.4 is 11.5 Å². The highest BCUT2D eigenvalue weighted by molar-refractivity contribution is 7.51. The van der Waals surface area contributed by atoms with Crippen LogP contribution >= 0.6 is 7.60 Å². The first-order chi connectivity index (χ1) is 9.87. The SMILES string of the molecule is NC(N)=Nc1ncnc2ncn(CCOCP(=O)(O)O)c12. The Morgan fingerprint density at radius 3 is 2.81 bits per heavy atom. The minimum atomic E-state index is -4.18. The van der Waals surface area contributed by atoms with Crippen LogP contribution in [0.3, 0.4) is 0 Å². The zero-order valence-electron chi connectivity index (χ0n) is 10.8. The second-order valence-electron chi connectivity index (χ2n) is 4.05. The third-order valence-electron chi connectivity index (χ3n) is 2.36. The average molecular weight is 315 g/mol. The molecule has 0 aliphatic heterocycles. The predicted octanol–water partition coefficient (Wildman–Crippen LogP) is -1.12. The van der Waals surface area contributed by atoms with Crippen molar-refractivity contribution in [1.82, 2.24) is 19.5 Å². The number of hydrogen-bond acceptors (Lipinski definition) is 6. The maximum atomic E-state index is 10.7. The zero-order chi connectivity index (χ0) is 15.5. The Labute approximate surface area is 118 Å². The Hall–Kier alpha value is -2.07. The van der Waals surface area contributed by atoms with Gasteiger partial charge in [-0.2, -0.15) is 4.99 Å². The van der Waals surface area contributed by atoms with E-state index in [4.69, 9.17) is 26.0 Å². The van der Waals surface area contributed by atoms with Crippen LogP contribution in [0, 0.1) is 0 Å². The summed E-state index contributed by atoms with van der Waals surface area (Å²) in [5.74, 6) is 0.105. The largest absolute Gasteiger partial charge is 0.370 e. The fourth-order valence-electron chi connectivity index (χ4n) is 1.61. The molecule has 2 aromatic heterocycles. The van der Waals surface area contributed by atoms with Crippen molar-refractivity contribution >= 4 is 30.5 Å². The molecule has 11 nitrogen and oxygen atoms in total. The van der Waals surface area contributed by atoms with Gasteiger partial charge in [-0.15, -0.1) is 0 Å². The number of hydrogen-bond donors (Lipinski definition) is 4. The van der Waals surface area contributed by atoms with E-state index in [1.54, 1.807) is 4.57 Å². The number of guanidine groups is 1. The second-order valence-corrected chi connectivity index (χ2v) is 5.63. The number of imidazole rings is 1. The molecule has 0 fully saturated rings. The molecular formula is C9H14N7O4P. The molecule has 12 heteroatoms. The van der Waals surface area contributed by atoms with Crippen LogP contribution in [0.15, 0.2) is 17.6 Å². The number of nitrogens with two attached hydrogens (primary N) is 2. The van der Waals surface area contributed by atoms with Gasteiger partial charge in [-0.25, -0.2) is 15.0 Å². The molecule has 2 aromatic rings. The van der Waals surface area contributed by atoms with Crippen molar-refractivity contribution in [3.05, 3.63) is 12.7 Å². The molecular weight excluding hydrogens is 301 g/mol. The van der Waals surface area contributed by atoms with Gasteiger partial charge in [0.05, 0.1) is 12.9 Å². The third kappa shape index (κ3) is 4.20. The summed E-state index contributed by atoms with van der Waals surface area (Å²) in [4.78, 5) is 33.3. The number of nitrogens with zero attached hydrogens (tertiary/aromatic N) is 5. The molecule has 0 aromatic carbocycles. The van der Waals surface area contributed by atoms with Crippen LogP contribution in [0.5, 0.6) is 0 Å². The number of ether oxygens (including phenoxy) is 1. The van der Waals surface area contributed by atoms with Crippen molar-refractivity contribution in [3.8, 4) is 0 Å². The monoisotopic (exact) mass is 315 g/mol. The minimum Gasteiger partial charge on any atom is -0.370 e. The summed E-state index contributed by atoms with van der Waals surface area (Å²) in [6.45, 7) is 0.365. The van der Waals surface area contributed by atoms with Crippen LogP contribution in [0.25, 0.3) is 11.2 Å². The quantitative estimate of drug-likeness (QED) is 0.223. The van der Waals surface area contributed by atoms with Crippen molar-refractivity contribution in [2.45, 2.75) is 6.54 Å². The zero-order valence-corrected chi connectivity index (χ0v) is 11.7. The molecule has 0 radical (unpaired) electrons. The maximum Gasteiger partial charge on any atom is 0.350 e. The van der Waals surface area contributed by atoms with Crippen LogP contribution in [0.2, 0.25) is 0 Å². The van der Waals surface area contributed by atoms with E-state index in [1.807, 2.05) is 0 Å². The molecule has 0 atom stereocenters. The molecule has 6 N–H and O–H groups in total. The molecule has 21 heavy (non-hydrogen) atoms. The molecule has 0 aliphatic rings. The van der Waals surface area contributed by atoms with Crippen LogP contribution in [0.1, 0.15) is 0 Å². The van der Waals surface area contributed by atoms with E-state index in [9.17, 15) is 4.57 Å². The molecule has 2 heterocycles. The summed E-state index contributed by atoms with van der Waals surface area (Å²) < 4.78 is 17.2. The van der Waals surface area contributed by atoms with E-state index < -0.39 is 13.9 Å². The standard InChI is InChI=1S/C9H14N7O4P/c10-9(11)15-8-6-7(12-3-13-8)14-4-16(6)1-2-20-5-21(17,18)19/h3-4H,1-2,5H2,(H2,17,18,19)(H4,10,11,12,13,15). The predicted molar refractivity (Wildman–Crippen MR) is 73.7 cm³/mol. The van der Waals surface area contributed by atoms with Crippen molar-refractivity contribution in [2.24, 2.45) is 16.5 Å². The number of aliphatic imine (C=N–C) groups is 1. The molecule has 0 unspecified atom stereocenters. The van der Waals surface area contributed by atoms with E-state index in [2.05, 4.69) is 19.9 Å². The smallest absolute Gasteiger partial charge is 0.350 e. The number of rotatable bonds is 6. The lowest BCUT2D eigenvalue weighted by Gasteiger charge is -2.07. The minimum absolute atomic E-state index is 0.0761. The van der Waals surface area contributed by atoms with Crippen molar-refractivity contribution in [2.75, 3.05) is 13.0 Å². The van der Waals surface area contributed by atoms with Gasteiger partial charge in [0.2, 0.25) is 0 Å². The van der Waals surface area contributed by atoms with Gasteiger partial charge in [-0.1, -0.05) is 0 Å². The first-order valence-corrected chi connectivity index (χ1v) is 7.54. The van der Waals surface area contributed by atoms with Crippen LogP contribution in [-0.2, 0) is 15.8 Å². The van der Waals surface area contributed by atoms with Crippen LogP contribution in [-0.4, -0.2) is 48.2 Å². The normalized spacial score (nSPS) is 11.7. The lowest BCUT2D eigenvalue weighted by atomic mass is 10.4. The number of fused-ring (bicyclic) bond motifs is 1.